The minimum Gasteiger partial charge on any atom is -0.493 e. The number of hydrogen-bond donors (Lipinski definition) is 0. The molecule has 4 rings (SSSR count). The van der Waals surface area contributed by atoms with Crippen LogP contribution in [0.15, 0.2) is 97.1 Å². The fourth-order valence-electron chi connectivity index (χ4n) is 3.65. The zero-order valence-electron chi connectivity index (χ0n) is 20.2. The molecule has 7 heteroatoms. The first-order valence-corrected chi connectivity index (χ1v) is 11.5. The van der Waals surface area contributed by atoms with Crippen molar-refractivity contribution in [3.8, 4) is 23.3 Å². The largest absolute Gasteiger partial charge is 0.493 e. The van der Waals surface area contributed by atoms with Gasteiger partial charge in [-0.05, 0) is 53.1 Å². The molecule has 7 nitrogen and oxygen atoms in total. The van der Waals surface area contributed by atoms with E-state index in [9.17, 15) is 15.4 Å². The summed E-state index contributed by atoms with van der Waals surface area (Å²) in [5.74, 6) is 1.84. The Morgan fingerprint density at radius 2 is 1.51 bits per heavy atom. The van der Waals surface area contributed by atoms with E-state index in [4.69, 9.17) is 14.2 Å². The summed E-state index contributed by atoms with van der Waals surface area (Å²) in [5, 5.41) is 20.6. The van der Waals surface area contributed by atoms with E-state index in [1.54, 1.807) is 25.3 Å². The molecular weight excluding hydrogens is 468 g/mol. The molecule has 0 bridgehead atoms. The molecule has 0 aromatic heterocycles. The summed E-state index contributed by atoms with van der Waals surface area (Å²) in [7, 11) is 1.59. The van der Waals surface area contributed by atoms with Crippen molar-refractivity contribution in [2.24, 2.45) is 0 Å². The van der Waals surface area contributed by atoms with Gasteiger partial charge in [-0.1, -0.05) is 54.6 Å². The lowest BCUT2D eigenvalue weighted by atomic mass is 10.0. The maximum Gasteiger partial charge on any atom is 0.269 e. The third kappa shape index (κ3) is 6.53. The Labute approximate surface area is 214 Å². The molecule has 4 aromatic rings. The maximum absolute atomic E-state index is 10.9. The number of methoxy groups -OCH3 is 1. The van der Waals surface area contributed by atoms with Crippen LogP contribution in [0.5, 0.6) is 17.2 Å². The zero-order valence-corrected chi connectivity index (χ0v) is 20.2. The molecule has 0 amide bonds. The van der Waals surface area contributed by atoms with E-state index in [1.165, 1.54) is 12.1 Å². The average Bonchev–Trinajstić information content (AvgIpc) is 2.95. The second-order valence-corrected chi connectivity index (χ2v) is 8.06. The quantitative estimate of drug-likeness (QED) is 0.104. The highest BCUT2D eigenvalue weighted by Crippen LogP contribution is 2.30. The second-order valence-electron chi connectivity index (χ2n) is 8.06. The van der Waals surface area contributed by atoms with E-state index in [0.717, 1.165) is 11.1 Å². The molecule has 184 valence electrons. The first kappa shape index (κ1) is 25.0. The van der Waals surface area contributed by atoms with Crippen molar-refractivity contribution in [3.63, 3.8) is 0 Å². The van der Waals surface area contributed by atoms with Crippen molar-refractivity contribution in [2.75, 3.05) is 7.11 Å². The Kier molecular flexibility index (Phi) is 8.15. The normalized spacial score (nSPS) is 10.9. The van der Waals surface area contributed by atoms with Gasteiger partial charge in [0, 0.05) is 17.7 Å². The number of para-hydroxylation sites is 1. The van der Waals surface area contributed by atoms with Crippen molar-refractivity contribution in [1.29, 1.82) is 5.26 Å². The van der Waals surface area contributed by atoms with Gasteiger partial charge in [0.25, 0.3) is 5.69 Å². The van der Waals surface area contributed by atoms with Crippen molar-refractivity contribution in [3.05, 3.63) is 129 Å². The zero-order chi connectivity index (χ0) is 26.0. The Morgan fingerprint density at radius 3 is 2.22 bits per heavy atom. The maximum atomic E-state index is 10.9. The monoisotopic (exact) mass is 492 g/mol. The molecular formula is C30H24N2O5. The number of ether oxygens (including phenoxy) is 3. The number of non-ortho nitro benzene ring substituents is 1. The van der Waals surface area contributed by atoms with Gasteiger partial charge in [-0.25, -0.2) is 0 Å². The van der Waals surface area contributed by atoms with Gasteiger partial charge in [-0.15, -0.1) is 0 Å². The van der Waals surface area contributed by atoms with E-state index >= 15 is 0 Å². The number of allylic oxidation sites excluding steroid dienone is 1. The summed E-state index contributed by atoms with van der Waals surface area (Å²) in [5.41, 5.74) is 3.58. The lowest BCUT2D eigenvalue weighted by Crippen LogP contribution is -2.01. The van der Waals surface area contributed by atoms with Gasteiger partial charge in [0.2, 0.25) is 0 Å². The molecule has 0 spiro atoms. The van der Waals surface area contributed by atoms with E-state index in [0.29, 0.717) is 40.6 Å². The predicted octanol–water partition coefficient (Wildman–Crippen LogP) is 6.83. The first-order chi connectivity index (χ1) is 18.1. The van der Waals surface area contributed by atoms with Crippen LogP contribution in [0.1, 0.15) is 22.3 Å². The van der Waals surface area contributed by atoms with Crippen molar-refractivity contribution in [2.45, 2.75) is 13.2 Å². The Morgan fingerprint density at radius 1 is 0.838 bits per heavy atom. The van der Waals surface area contributed by atoms with Gasteiger partial charge in [0.05, 0.1) is 23.7 Å². The van der Waals surface area contributed by atoms with E-state index < -0.39 is 4.92 Å². The molecule has 0 N–H and O–H groups in total. The molecule has 4 aromatic carbocycles. The van der Waals surface area contributed by atoms with Gasteiger partial charge in [-0.2, -0.15) is 5.26 Å². The summed E-state index contributed by atoms with van der Waals surface area (Å²) in [6, 6.07) is 31.0. The second kappa shape index (κ2) is 12.0. The third-order valence-electron chi connectivity index (χ3n) is 5.59. The number of nitro benzene ring substituents is 1. The predicted molar refractivity (Wildman–Crippen MR) is 141 cm³/mol. The van der Waals surface area contributed by atoms with E-state index in [-0.39, 0.29) is 12.3 Å². The molecule has 0 heterocycles. The molecule has 0 atom stereocenters. The number of rotatable bonds is 10. The SMILES string of the molecule is COc1cc(COc2ccccc2C=C(C#N)c2ccc([N+](=O)[O-])cc2)ccc1OCc1ccccc1. The molecule has 0 aliphatic carbocycles. The summed E-state index contributed by atoms with van der Waals surface area (Å²) in [6.07, 6.45) is 1.71. The van der Waals surface area contributed by atoms with Crippen LogP contribution in [0.2, 0.25) is 0 Å². The highest BCUT2D eigenvalue weighted by atomic mass is 16.6. The number of nitrogens with zero attached hydrogens (tertiary/aromatic N) is 2. The van der Waals surface area contributed by atoms with Gasteiger partial charge in [0.1, 0.15) is 19.0 Å². The van der Waals surface area contributed by atoms with Gasteiger partial charge in [-0.3, -0.25) is 10.1 Å². The van der Waals surface area contributed by atoms with Crippen molar-refractivity contribution in [1.82, 2.24) is 0 Å². The van der Waals surface area contributed by atoms with Crippen LogP contribution in [-0.4, -0.2) is 12.0 Å². The number of nitriles is 1. The van der Waals surface area contributed by atoms with Crippen LogP contribution in [0.3, 0.4) is 0 Å². The molecule has 0 aliphatic heterocycles. The van der Waals surface area contributed by atoms with Gasteiger partial charge >= 0.3 is 0 Å². The number of benzene rings is 4. The fourth-order valence-corrected chi connectivity index (χ4v) is 3.65. The van der Waals surface area contributed by atoms with Crippen LogP contribution in [0.4, 0.5) is 5.69 Å². The highest BCUT2D eigenvalue weighted by molar-refractivity contribution is 5.90. The van der Waals surface area contributed by atoms with Crippen LogP contribution < -0.4 is 14.2 Å². The Balaban J connectivity index is 1.48. The van der Waals surface area contributed by atoms with Gasteiger partial charge in [0.15, 0.2) is 11.5 Å². The molecule has 0 aliphatic rings. The van der Waals surface area contributed by atoms with Gasteiger partial charge < -0.3 is 14.2 Å². The summed E-state index contributed by atoms with van der Waals surface area (Å²) < 4.78 is 17.5. The summed E-state index contributed by atoms with van der Waals surface area (Å²) in [4.78, 5) is 10.4. The van der Waals surface area contributed by atoms with Crippen LogP contribution in [0, 0.1) is 21.4 Å². The van der Waals surface area contributed by atoms with Crippen molar-refractivity contribution >= 4 is 17.3 Å². The molecule has 37 heavy (non-hydrogen) atoms. The Bertz CT molecular complexity index is 1440. The lowest BCUT2D eigenvalue weighted by Gasteiger charge is -2.14. The molecule has 0 unspecified atom stereocenters. The van der Waals surface area contributed by atoms with Crippen LogP contribution in [0.25, 0.3) is 11.6 Å². The minimum absolute atomic E-state index is 0.0308. The molecule has 0 fully saturated rings. The minimum atomic E-state index is -0.473. The van der Waals surface area contributed by atoms with Crippen LogP contribution in [-0.2, 0) is 13.2 Å². The summed E-state index contributed by atoms with van der Waals surface area (Å²) >= 11 is 0. The number of nitro groups is 1. The topological polar surface area (TPSA) is 94.6 Å². The van der Waals surface area contributed by atoms with Crippen molar-refractivity contribution < 1.29 is 19.1 Å². The average molecular weight is 493 g/mol. The lowest BCUT2D eigenvalue weighted by molar-refractivity contribution is -0.384. The molecule has 0 saturated heterocycles. The summed E-state index contributed by atoms with van der Waals surface area (Å²) in [6.45, 7) is 0.711. The fraction of sp³-hybridized carbons (Fsp3) is 0.100. The molecule has 0 radical (unpaired) electrons. The van der Waals surface area contributed by atoms with Crippen LogP contribution >= 0.6 is 0 Å². The molecule has 0 saturated carbocycles. The van der Waals surface area contributed by atoms with E-state index in [1.807, 2.05) is 72.8 Å². The number of hydrogen-bond acceptors (Lipinski definition) is 6. The highest BCUT2D eigenvalue weighted by Gasteiger charge is 2.10. The first-order valence-electron chi connectivity index (χ1n) is 11.5. The Hall–Kier alpha value is -5.09. The standard InChI is InChI=1S/C30H24N2O5/c1-35-30-17-23(11-16-29(30)37-20-22-7-3-2-4-8-22)21-36-28-10-6-5-9-25(28)18-26(19-31)24-12-14-27(15-13-24)32(33)34/h2-18H,20-21H2,1H3. The third-order valence-corrected chi connectivity index (χ3v) is 5.59. The smallest absolute Gasteiger partial charge is 0.269 e. The van der Waals surface area contributed by atoms with E-state index in [2.05, 4.69) is 6.07 Å².